The molecule has 3 aliphatic rings. The van der Waals surface area contributed by atoms with E-state index in [4.69, 9.17) is 14.6 Å². The molecule has 3 rings (SSSR count). The van der Waals surface area contributed by atoms with Crippen molar-refractivity contribution in [2.24, 2.45) is 17.8 Å². The number of aliphatic carboxylic acids is 1. The minimum Gasteiger partial charge on any atom is -0.481 e. The largest absolute Gasteiger partial charge is 0.481 e. The predicted octanol–water partition coefficient (Wildman–Crippen LogP) is 3.30. The lowest BCUT2D eigenvalue weighted by atomic mass is 9.86. The van der Waals surface area contributed by atoms with Crippen molar-refractivity contribution in [1.29, 1.82) is 0 Å². The molecule has 29 heavy (non-hydrogen) atoms. The molecule has 2 saturated carbocycles. The fourth-order valence-electron chi connectivity index (χ4n) is 5.26. The number of carboxylic acids is 1. The second kappa shape index (κ2) is 11.4. The van der Waals surface area contributed by atoms with Crippen LogP contribution in [0.5, 0.6) is 0 Å². The van der Waals surface area contributed by atoms with Gasteiger partial charge in [0.2, 0.25) is 0 Å². The molecule has 3 N–H and O–H groups in total. The number of rotatable bonds is 9. The zero-order chi connectivity index (χ0) is 20.6. The Labute approximate surface area is 174 Å². The normalized spacial score (nSPS) is 34.8. The van der Waals surface area contributed by atoms with Gasteiger partial charge < -0.3 is 24.8 Å². The van der Waals surface area contributed by atoms with E-state index in [0.717, 1.165) is 32.1 Å². The van der Waals surface area contributed by atoms with Gasteiger partial charge in [0.25, 0.3) is 0 Å². The summed E-state index contributed by atoms with van der Waals surface area (Å²) in [5.41, 5.74) is 0. The van der Waals surface area contributed by atoms with Crippen molar-refractivity contribution in [2.45, 2.75) is 95.0 Å². The van der Waals surface area contributed by atoms with Crippen LogP contribution in [0.3, 0.4) is 0 Å². The first kappa shape index (κ1) is 22.7. The Balaban J connectivity index is 1.45. The van der Waals surface area contributed by atoms with Crippen LogP contribution < -0.4 is 0 Å². The van der Waals surface area contributed by atoms with Crippen molar-refractivity contribution in [3.05, 3.63) is 12.2 Å². The van der Waals surface area contributed by atoms with Gasteiger partial charge in [0.05, 0.1) is 31.0 Å². The van der Waals surface area contributed by atoms with Gasteiger partial charge in [0, 0.05) is 25.4 Å². The third-order valence-electron chi connectivity index (χ3n) is 6.96. The number of hydrogen-bond donors (Lipinski definition) is 3. The summed E-state index contributed by atoms with van der Waals surface area (Å²) >= 11 is 0. The summed E-state index contributed by atoms with van der Waals surface area (Å²) in [5.74, 6) is -0.0775. The monoisotopic (exact) mass is 410 g/mol. The number of carboxylic acid groups (broad SMARTS) is 1. The van der Waals surface area contributed by atoms with Crippen LogP contribution in [0.2, 0.25) is 0 Å². The molecule has 6 atom stereocenters. The third-order valence-corrected chi connectivity index (χ3v) is 6.96. The van der Waals surface area contributed by atoms with E-state index in [1.165, 1.54) is 19.3 Å². The van der Waals surface area contributed by atoms with Crippen molar-refractivity contribution in [2.75, 3.05) is 13.2 Å². The summed E-state index contributed by atoms with van der Waals surface area (Å²) in [4.78, 5) is 10.7. The fourth-order valence-corrected chi connectivity index (χ4v) is 5.26. The molecule has 1 aliphatic heterocycles. The molecular formula is C23H38O6. The van der Waals surface area contributed by atoms with Gasteiger partial charge >= 0.3 is 5.97 Å². The second-order valence-corrected chi connectivity index (χ2v) is 9.19. The first-order valence-electron chi connectivity index (χ1n) is 11.5. The molecule has 6 heteroatoms. The highest BCUT2D eigenvalue weighted by Crippen LogP contribution is 2.42. The molecule has 0 radical (unpaired) electrons. The van der Waals surface area contributed by atoms with Gasteiger partial charge in [-0.2, -0.15) is 0 Å². The lowest BCUT2D eigenvalue weighted by Crippen LogP contribution is -2.24. The average molecular weight is 411 g/mol. The molecule has 0 aromatic carbocycles. The highest BCUT2D eigenvalue weighted by Gasteiger charge is 2.43. The molecule has 6 nitrogen and oxygen atoms in total. The quantitative estimate of drug-likeness (QED) is 0.505. The van der Waals surface area contributed by atoms with E-state index in [1.807, 2.05) is 6.08 Å². The van der Waals surface area contributed by atoms with Gasteiger partial charge in [-0.15, -0.1) is 0 Å². The summed E-state index contributed by atoms with van der Waals surface area (Å²) in [5, 5.41) is 29.6. The van der Waals surface area contributed by atoms with Gasteiger partial charge in [0.15, 0.2) is 0 Å². The van der Waals surface area contributed by atoms with E-state index < -0.39 is 18.2 Å². The van der Waals surface area contributed by atoms with Gasteiger partial charge in [-0.05, 0) is 50.4 Å². The lowest BCUT2D eigenvalue weighted by Gasteiger charge is -2.23. The molecular weight excluding hydrogens is 372 g/mol. The number of fused-ring (bicyclic) bond motifs is 1. The molecule has 3 fully saturated rings. The van der Waals surface area contributed by atoms with Crippen molar-refractivity contribution in [3.63, 3.8) is 0 Å². The van der Waals surface area contributed by atoms with E-state index in [9.17, 15) is 15.0 Å². The molecule has 0 spiro atoms. The van der Waals surface area contributed by atoms with E-state index >= 15 is 0 Å². The molecule has 1 heterocycles. The van der Waals surface area contributed by atoms with E-state index in [1.54, 1.807) is 6.08 Å². The molecule has 0 unspecified atom stereocenters. The third kappa shape index (κ3) is 7.06. The van der Waals surface area contributed by atoms with Gasteiger partial charge in [0.1, 0.15) is 0 Å². The average Bonchev–Trinajstić information content (AvgIpc) is 2.87. The summed E-state index contributed by atoms with van der Waals surface area (Å²) in [6.45, 7) is 0.974. The maximum absolute atomic E-state index is 10.7. The van der Waals surface area contributed by atoms with Crippen molar-refractivity contribution in [1.82, 2.24) is 0 Å². The second-order valence-electron chi connectivity index (χ2n) is 9.19. The smallest absolute Gasteiger partial charge is 0.303 e. The predicted molar refractivity (Wildman–Crippen MR) is 110 cm³/mol. The van der Waals surface area contributed by atoms with Gasteiger partial charge in [-0.25, -0.2) is 0 Å². The lowest BCUT2D eigenvalue weighted by molar-refractivity contribution is -0.137. The zero-order valence-corrected chi connectivity index (χ0v) is 17.5. The Bertz CT molecular complexity index is 529. The van der Waals surface area contributed by atoms with Crippen molar-refractivity contribution in [3.8, 4) is 0 Å². The zero-order valence-electron chi connectivity index (χ0n) is 17.5. The van der Waals surface area contributed by atoms with E-state index in [-0.39, 0.29) is 30.5 Å². The Kier molecular flexibility index (Phi) is 8.97. The van der Waals surface area contributed by atoms with Crippen LogP contribution in [-0.4, -0.2) is 58.9 Å². The van der Waals surface area contributed by atoms with Crippen LogP contribution in [0.15, 0.2) is 12.2 Å². The van der Waals surface area contributed by atoms with Gasteiger partial charge in [-0.1, -0.05) is 31.4 Å². The molecule has 0 aromatic rings. The summed E-state index contributed by atoms with van der Waals surface area (Å²) in [6.07, 6.45) is 13.3. The highest BCUT2D eigenvalue weighted by atomic mass is 16.5. The highest BCUT2D eigenvalue weighted by molar-refractivity contribution is 5.66. The number of ether oxygens (including phenoxy) is 2. The maximum atomic E-state index is 10.7. The van der Waals surface area contributed by atoms with Crippen LogP contribution in [-0.2, 0) is 14.3 Å². The number of hydrogen-bond acceptors (Lipinski definition) is 5. The molecule has 0 aromatic heterocycles. The van der Waals surface area contributed by atoms with Crippen LogP contribution >= 0.6 is 0 Å². The molecule has 2 aliphatic carbocycles. The Morgan fingerprint density at radius 2 is 1.97 bits per heavy atom. The molecule has 1 saturated heterocycles. The first-order chi connectivity index (χ1) is 14.0. The van der Waals surface area contributed by atoms with E-state index in [0.29, 0.717) is 32.0 Å². The Morgan fingerprint density at radius 3 is 2.72 bits per heavy atom. The van der Waals surface area contributed by atoms with Crippen LogP contribution in [0.1, 0.15) is 70.6 Å². The summed E-state index contributed by atoms with van der Waals surface area (Å²) in [6, 6.07) is 0. The SMILES string of the molecule is O=C(O)CCC[C@H]1CC[C@@H]2[C@@H](/C=C/[C@@H](O)COC3CCCCC3)[C@H](O)C[C@@H]2OC1. The summed E-state index contributed by atoms with van der Waals surface area (Å²) in [7, 11) is 0. The number of carbonyl (C=O) groups is 1. The Hall–Kier alpha value is -0.950. The summed E-state index contributed by atoms with van der Waals surface area (Å²) < 4.78 is 12.0. The van der Waals surface area contributed by atoms with Crippen LogP contribution in [0.4, 0.5) is 0 Å². The molecule has 0 amide bonds. The van der Waals surface area contributed by atoms with E-state index in [2.05, 4.69) is 0 Å². The molecule has 166 valence electrons. The first-order valence-corrected chi connectivity index (χ1v) is 11.5. The molecule has 0 bridgehead atoms. The van der Waals surface area contributed by atoms with Crippen LogP contribution in [0, 0.1) is 17.8 Å². The Morgan fingerprint density at radius 1 is 1.17 bits per heavy atom. The minimum absolute atomic E-state index is 0.00194. The number of aliphatic hydroxyl groups excluding tert-OH is 2. The number of aliphatic hydroxyl groups is 2. The van der Waals surface area contributed by atoms with Crippen LogP contribution in [0.25, 0.3) is 0 Å². The van der Waals surface area contributed by atoms with Gasteiger partial charge in [-0.3, -0.25) is 4.79 Å². The standard InChI is InChI=1S/C23H38O6/c24-17(15-28-18-6-2-1-3-7-18)10-12-19-20-11-9-16(5-4-8-23(26)27)14-29-22(20)13-21(19)25/h10,12,16-22,24-25H,1-9,11,13-15H2,(H,26,27)/b12-10+/t16-,17+,19+,20+,21+,22-/m0/s1. The topological polar surface area (TPSA) is 96.2 Å². The minimum atomic E-state index is -0.740. The fraction of sp³-hybridized carbons (Fsp3) is 0.870. The maximum Gasteiger partial charge on any atom is 0.303 e. The van der Waals surface area contributed by atoms with Crippen molar-refractivity contribution >= 4 is 5.97 Å². The van der Waals surface area contributed by atoms with Crippen molar-refractivity contribution < 1.29 is 29.6 Å².